The van der Waals surface area contributed by atoms with E-state index < -0.39 is 35.2 Å². The van der Waals surface area contributed by atoms with E-state index in [4.69, 9.17) is 23.2 Å². The van der Waals surface area contributed by atoms with E-state index in [0.717, 1.165) is 37.4 Å². The maximum atomic E-state index is 14.5. The maximum absolute atomic E-state index is 14.5. The van der Waals surface area contributed by atoms with Crippen molar-refractivity contribution in [2.24, 2.45) is 5.41 Å². The lowest BCUT2D eigenvalue weighted by Crippen LogP contribution is -2.68. The van der Waals surface area contributed by atoms with Gasteiger partial charge in [-0.2, -0.15) is 0 Å². The largest absolute Gasteiger partial charge is 0.376 e. The number of nitrogens with one attached hydrogen (secondary N) is 1. The van der Waals surface area contributed by atoms with Gasteiger partial charge in [-0.1, -0.05) is 77.8 Å². The number of amides is 4. The van der Waals surface area contributed by atoms with Crippen LogP contribution in [0.4, 0.5) is 10.5 Å². The molecule has 2 heterocycles. The van der Waals surface area contributed by atoms with Gasteiger partial charge >= 0.3 is 6.03 Å². The molecular formula is C30H23Cl2N3O3. The zero-order valence-electron chi connectivity index (χ0n) is 20.6. The fourth-order valence-electron chi connectivity index (χ4n) is 6.02. The topological polar surface area (TPSA) is 69.7 Å². The zero-order valence-corrected chi connectivity index (χ0v) is 22.1. The SMILES string of the molecule is CN1C(=O)N(C)C(=O)C2(C1=O)[C@H](c1ccc(Cl)cc1)c1c(ccc3ccccc13)N[C@@H]2c1ccc(Cl)cc1. The van der Waals surface area contributed by atoms with Gasteiger partial charge in [0.1, 0.15) is 0 Å². The summed E-state index contributed by atoms with van der Waals surface area (Å²) >= 11 is 12.5. The van der Waals surface area contributed by atoms with Gasteiger partial charge in [-0.05, 0) is 57.8 Å². The first-order valence-corrected chi connectivity index (χ1v) is 12.9. The normalized spacial score (nSPS) is 20.6. The molecule has 4 aromatic rings. The van der Waals surface area contributed by atoms with Crippen LogP contribution in [0.25, 0.3) is 10.8 Å². The number of fused-ring (bicyclic) bond motifs is 3. The summed E-state index contributed by atoms with van der Waals surface area (Å²) in [5.74, 6) is -1.88. The van der Waals surface area contributed by atoms with Crippen LogP contribution >= 0.6 is 23.2 Å². The summed E-state index contributed by atoms with van der Waals surface area (Å²) in [4.78, 5) is 44.0. The fourth-order valence-corrected chi connectivity index (χ4v) is 6.27. The Labute approximate surface area is 229 Å². The summed E-state index contributed by atoms with van der Waals surface area (Å²) in [5.41, 5.74) is 1.33. The van der Waals surface area contributed by atoms with Crippen molar-refractivity contribution >= 4 is 57.5 Å². The third-order valence-electron chi connectivity index (χ3n) is 7.77. The molecule has 0 aliphatic carbocycles. The molecule has 2 aliphatic heterocycles. The molecule has 1 fully saturated rings. The summed E-state index contributed by atoms with van der Waals surface area (Å²) in [6, 6.07) is 24.7. The second kappa shape index (κ2) is 8.86. The summed E-state index contributed by atoms with van der Waals surface area (Å²) in [7, 11) is 2.84. The molecule has 0 unspecified atom stereocenters. The summed E-state index contributed by atoms with van der Waals surface area (Å²) in [6.07, 6.45) is 0. The van der Waals surface area contributed by atoms with Gasteiger partial charge in [0.15, 0.2) is 5.41 Å². The minimum Gasteiger partial charge on any atom is -0.376 e. The van der Waals surface area contributed by atoms with Crippen molar-refractivity contribution < 1.29 is 14.4 Å². The highest BCUT2D eigenvalue weighted by molar-refractivity contribution is 6.31. The molecule has 0 aromatic heterocycles. The van der Waals surface area contributed by atoms with Gasteiger partial charge in [-0.25, -0.2) is 4.79 Å². The minimum atomic E-state index is -1.73. The van der Waals surface area contributed by atoms with Crippen LogP contribution in [0.5, 0.6) is 0 Å². The molecule has 6 rings (SSSR count). The molecule has 2 aliphatic rings. The Morgan fingerprint density at radius 2 is 1.26 bits per heavy atom. The van der Waals surface area contributed by atoms with Gasteiger partial charge < -0.3 is 5.32 Å². The Kier molecular flexibility index (Phi) is 5.70. The Morgan fingerprint density at radius 1 is 0.711 bits per heavy atom. The third-order valence-corrected chi connectivity index (χ3v) is 8.27. The average molecular weight is 544 g/mol. The molecule has 4 amide bonds. The van der Waals surface area contributed by atoms with Gasteiger partial charge in [-0.3, -0.25) is 19.4 Å². The van der Waals surface area contributed by atoms with E-state index in [1.54, 1.807) is 24.3 Å². The highest BCUT2D eigenvalue weighted by Crippen LogP contribution is 2.59. The number of halogens is 2. The first-order chi connectivity index (χ1) is 18.2. The van der Waals surface area contributed by atoms with Gasteiger partial charge in [0, 0.05) is 35.7 Å². The summed E-state index contributed by atoms with van der Waals surface area (Å²) < 4.78 is 0. The average Bonchev–Trinajstić information content (AvgIpc) is 2.94. The number of nitrogens with zero attached hydrogens (tertiary/aromatic N) is 2. The Morgan fingerprint density at radius 3 is 1.87 bits per heavy atom. The molecular weight excluding hydrogens is 521 g/mol. The number of anilines is 1. The lowest BCUT2D eigenvalue weighted by atomic mass is 9.58. The van der Waals surface area contributed by atoms with Crippen LogP contribution in [0, 0.1) is 5.41 Å². The third kappa shape index (κ3) is 3.37. The van der Waals surface area contributed by atoms with Crippen LogP contribution in [0.1, 0.15) is 28.7 Å². The molecule has 2 atom stereocenters. The molecule has 4 aromatic carbocycles. The predicted molar refractivity (Wildman–Crippen MR) is 148 cm³/mol. The number of imide groups is 2. The van der Waals surface area contributed by atoms with Crippen molar-refractivity contribution in [3.8, 4) is 0 Å². The first kappa shape index (κ1) is 24.5. The highest BCUT2D eigenvalue weighted by atomic mass is 35.5. The second-order valence-corrected chi connectivity index (χ2v) is 10.6. The van der Waals surface area contributed by atoms with Crippen molar-refractivity contribution in [2.75, 3.05) is 19.4 Å². The molecule has 0 radical (unpaired) electrons. The Hall–Kier alpha value is -3.87. The Bertz CT molecular complexity index is 1590. The number of benzene rings is 4. The van der Waals surface area contributed by atoms with Crippen molar-refractivity contribution in [3.05, 3.63) is 112 Å². The summed E-state index contributed by atoms with van der Waals surface area (Å²) in [5, 5.41) is 6.49. The van der Waals surface area contributed by atoms with Gasteiger partial charge in [-0.15, -0.1) is 0 Å². The van der Waals surface area contributed by atoms with Gasteiger partial charge in [0.2, 0.25) is 11.8 Å². The molecule has 38 heavy (non-hydrogen) atoms. The molecule has 1 N–H and O–H groups in total. The van der Waals surface area contributed by atoms with E-state index in [2.05, 4.69) is 5.32 Å². The Balaban J connectivity index is 1.76. The standard InChI is InChI=1S/C30H23Cl2N3O3/c1-34-27(36)30(28(37)35(2)29(34)38)25(18-7-12-20(31)13-8-18)24-22-6-4-3-5-17(22)11-16-23(24)33-26(30)19-9-14-21(32)15-10-19/h3-16,25-26,33H,1-2H3/t25-,26-/m1/s1. The van der Waals surface area contributed by atoms with Crippen LogP contribution < -0.4 is 5.32 Å². The molecule has 190 valence electrons. The van der Waals surface area contributed by atoms with Crippen LogP contribution in [0.15, 0.2) is 84.9 Å². The molecule has 8 heteroatoms. The fraction of sp³-hybridized carbons (Fsp3) is 0.167. The molecule has 0 bridgehead atoms. The van der Waals surface area contributed by atoms with E-state index >= 15 is 0 Å². The number of hydrogen-bond donors (Lipinski definition) is 1. The minimum absolute atomic E-state index is 0.532. The number of rotatable bonds is 2. The van der Waals surface area contributed by atoms with Crippen molar-refractivity contribution in [1.82, 2.24) is 9.80 Å². The van der Waals surface area contributed by atoms with Crippen LogP contribution in [0.2, 0.25) is 10.0 Å². The van der Waals surface area contributed by atoms with Crippen LogP contribution in [-0.4, -0.2) is 41.7 Å². The quantitative estimate of drug-likeness (QED) is 0.293. The monoisotopic (exact) mass is 543 g/mol. The van der Waals surface area contributed by atoms with E-state index in [-0.39, 0.29) is 0 Å². The molecule has 6 nitrogen and oxygen atoms in total. The maximum Gasteiger partial charge on any atom is 0.332 e. The van der Waals surface area contributed by atoms with Crippen molar-refractivity contribution in [3.63, 3.8) is 0 Å². The number of carbonyl (C=O) groups excluding carboxylic acids is 3. The first-order valence-electron chi connectivity index (χ1n) is 12.1. The number of barbiturate groups is 1. The van der Waals surface area contributed by atoms with E-state index in [1.165, 1.54) is 14.1 Å². The lowest BCUT2D eigenvalue weighted by Gasteiger charge is -2.53. The number of carbonyl (C=O) groups is 3. The molecule has 1 spiro atoms. The van der Waals surface area contributed by atoms with E-state index in [9.17, 15) is 14.4 Å². The van der Waals surface area contributed by atoms with E-state index in [0.29, 0.717) is 15.6 Å². The van der Waals surface area contributed by atoms with Gasteiger partial charge in [0.05, 0.1) is 6.04 Å². The van der Waals surface area contributed by atoms with Crippen LogP contribution in [-0.2, 0) is 9.59 Å². The van der Waals surface area contributed by atoms with Gasteiger partial charge in [0.25, 0.3) is 0 Å². The molecule has 0 saturated carbocycles. The number of urea groups is 1. The van der Waals surface area contributed by atoms with Crippen LogP contribution in [0.3, 0.4) is 0 Å². The smallest absolute Gasteiger partial charge is 0.332 e. The second-order valence-electron chi connectivity index (χ2n) is 9.74. The van der Waals surface area contributed by atoms with Crippen molar-refractivity contribution in [2.45, 2.75) is 12.0 Å². The predicted octanol–water partition coefficient (Wildman–Crippen LogP) is 6.48. The zero-order chi connectivity index (χ0) is 26.8. The van der Waals surface area contributed by atoms with E-state index in [1.807, 2.05) is 60.7 Å². The highest BCUT2D eigenvalue weighted by Gasteiger charge is 2.67. The summed E-state index contributed by atoms with van der Waals surface area (Å²) in [6.45, 7) is 0. The lowest BCUT2D eigenvalue weighted by molar-refractivity contribution is -0.160. The number of hydrogen-bond acceptors (Lipinski definition) is 4. The van der Waals surface area contributed by atoms with Crippen molar-refractivity contribution in [1.29, 1.82) is 0 Å². The molecule has 1 saturated heterocycles.